The molecule has 1 rings (SSSR count). The van der Waals surface area contributed by atoms with Crippen molar-refractivity contribution in [3.05, 3.63) is 29.3 Å². The molecule has 0 bridgehead atoms. The summed E-state index contributed by atoms with van der Waals surface area (Å²) in [6.45, 7) is 4.40. The lowest BCUT2D eigenvalue weighted by Gasteiger charge is -2.09. The van der Waals surface area contributed by atoms with Crippen LogP contribution in [0.2, 0.25) is 0 Å². The van der Waals surface area contributed by atoms with Gasteiger partial charge < -0.3 is 5.11 Å². The zero-order valence-corrected chi connectivity index (χ0v) is 11.3. The van der Waals surface area contributed by atoms with E-state index >= 15 is 0 Å². The average Bonchev–Trinajstić information content (AvgIpc) is 2.35. The van der Waals surface area contributed by atoms with Gasteiger partial charge in [0, 0.05) is 0 Å². The Labute approximate surface area is 106 Å². The number of hydrogen-bond acceptors (Lipinski definition) is 1. The van der Waals surface area contributed by atoms with E-state index in [4.69, 9.17) is 0 Å². The van der Waals surface area contributed by atoms with E-state index in [9.17, 15) is 5.11 Å². The van der Waals surface area contributed by atoms with Crippen LogP contribution in [0, 0.1) is 0 Å². The van der Waals surface area contributed by atoms with E-state index in [1.807, 2.05) is 12.1 Å². The van der Waals surface area contributed by atoms with Crippen LogP contribution in [0.15, 0.2) is 18.2 Å². The van der Waals surface area contributed by atoms with Gasteiger partial charge in [-0.15, -0.1) is 0 Å². The third kappa shape index (κ3) is 4.80. The Morgan fingerprint density at radius 1 is 0.941 bits per heavy atom. The molecular formula is C16H26O. The molecule has 0 unspecified atom stereocenters. The van der Waals surface area contributed by atoms with E-state index in [0.29, 0.717) is 5.75 Å². The molecule has 0 aliphatic rings. The summed E-state index contributed by atoms with van der Waals surface area (Å²) >= 11 is 0. The summed E-state index contributed by atoms with van der Waals surface area (Å²) in [6, 6.07) is 5.89. The highest BCUT2D eigenvalue weighted by Gasteiger charge is 2.05. The minimum absolute atomic E-state index is 0.484. The molecule has 0 fully saturated rings. The molecule has 1 nitrogen and oxygen atoms in total. The lowest BCUT2D eigenvalue weighted by Crippen LogP contribution is -1.94. The van der Waals surface area contributed by atoms with Gasteiger partial charge in [0.05, 0.1) is 0 Å². The van der Waals surface area contributed by atoms with Crippen LogP contribution in [-0.2, 0) is 12.8 Å². The standard InChI is InChI=1S/C16H26O/c1-3-5-6-7-8-9-12-15-14(4-2)11-10-13-16(15)17/h10-11,13,17H,3-9,12H2,1-2H3. The molecule has 1 aromatic rings. The zero-order valence-electron chi connectivity index (χ0n) is 11.3. The summed E-state index contributed by atoms with van der Waals surface area (Å²) in [5.74, 6) is 0.484. The molecule has 0 atom stereocenters. The Hall–Kier alpha value is -0.980. The van der Waals surface area contributed by atoms with E-state index in [2.05, 4.69) is 19.9 Å². The van der Waals surface area contributed by atoms with Crippen molar-refractivity contribution >= 4 is 0 Å². The summed E-state index contributed by atoms with van der Waals surface area (Å²) < 4.78 is 0. The van der Waals surface area contributed by atoms with Crippen molar-refractivity contribution < 1.29 is 5.11 Å². The first-order valence-electron chi connectivity index (χ1n) is 7.09. The summed E-state index contributed by atoms with van der Waals surface area (Å²) in [4.78, 5) is 0. The molecule has 0 aliphatic carbocycles. The highest BCUT2D eigenvalue weighted by Crippen LogP contribution is 2.24. The molecule has 1 aromatic carbocycles. The number of phenolic OH excluding ortho intramolecular Hbond substituents is 1. The van der Waals surface area contributed by atoms with Crippen LogP contribution in [-0.4, -0.2) is 5.11 Å². The minimum atomic E-state index is 0.484. The van der Waals surface area contributed by atoms with Crippen LogP contribution in [0.3, 0.4) is 0 Å². The van der Waals surface area contributed by atoms with Crippen molar-refractivity contribution in [1.82, 2.24) is 0 Å². The molecule has 0 aromatic heterocycles. The Balaban J connectivity index is 2.35. The number of aryl methyl sites for hydroxylation is 1. The molecule has 0 radical (unpaired) electrons. The quantitative estimate of drug-likeness (QED) is 0.637. The van der Waals surface area contributed by atoms with Crippen LogP contribution < -0.4 is 0 Å². The van der Waals surface area contributed by atoms with E-state index in [-0.39, 0.29) is 0 Å². The number of hydrogen-bond donors (Lipinski definition) is 1. The highest BCUT2D eigenvalue weighted by molar-refractivity contribution is 5.39. The van der Waals surface area contributed by atoms with Crippen molar-refractivity contribution in [3.63, 3.8) is 0 Å². The lowest BCUT2D eigenvalue weighted by atomic mass is 9.98. The van der Waals surface area contributed by atoms with Gasteiger partial charge >= 0.3 is 0 Å². The first kappa shape index (κ1) is 14.1. The van der Waals surface area contributed by atoms with E-state index < -0.39 is 0 Å². The third-order valence-electron chi connectivity index (χ3n) is 3.41. The first-order valence-corrected chi connectivity index (χ1v) is 7.09. The second-order valence-electron chi connectivity index (χ2n) is 4.79. The molecule has 0 aliphatic heterocycles. The molecule has 0 spiro atoms. The third-order valence-corrected chi connectivity index (χ3v) is 3.41. The Morgan fingerprint density at radius 3 is 2.35 bits per heavy atom. The largest absolute Gasteiger partial charge is 0.508 e. The summed E-state index contributed by atoms with van der Waals surface area (Å²) in [5, 5.41) is 9.86. The number of rotatable bonds is 8. The second-order valence-corrected chi connectivity index (χ2v) is 4.79. The Kier molecular flexibility index (Phi) is 6.76. The predicted molar refractivity (Wildman–Crippen MR) is 74.6 cm³/mol. The van der Waals surface area contributed by atoms with Gasteiger partial charge in [-0.25, -0.2) is 0 Å². The highest BCUT2D eigenvalue weighted by atomic mass is 16.3. The van der Waals surface area contributed by atoms with Crippen molar-refractivity contribution in [3.8, 4) is 5.75 Å². The Bertz CT molecular complexity index is 317. The molecule has 0 saturated heterocycles. The van der Waals surface area contributed by atoms with Crippen LogP contribution >= 0.6 is 0 Å². The van der Waals surface area contributed by atoms with Crippen molar-refractivity contribution in [2.45, 2.75) is 65.2 Å². The van der Waals surface area contributed by atoms with E-state index in [1.165, 1.54) is 49.7 Å². The fourth-order valence-corrected chi connectivity index (χ4v) is 2.32. The summed E-state index contributed by atoms with van der Waals surface area (Å²) in [6.07, 6.45) is 9.89. The van der Waals surface area contributed by atoms with Gasteiger partial charge in [-0.1, -0.05) is 58.1 Å². The van der Waals surface area contributed by atoms with Gasteiger partial charge in [-0.05, 0) is 36.5 Å². The van der Waals surface area contributed by atoms with Gasteiger partial charge in [-0.2, -0.15) is 0 Å². The van der Waals surface area contributed by atoms with Gasteiger partial charge in [-0.3, -0.25) is 0 Å². The molecule has 17 heavy (non-hydrogen) atoms. The van der Waals surface area contributed by atoms with Crippen LogP contribution in [0.1, 0.15) is 63.5 Å². The first-order chi connectivity index (χ1) is 8.29. The fourth-order valence-electron chi connectivity index (χ4n) is 2.32. The van der Waals surface area contributed by atoms with E-state index in [0.717, 1.165) is 12.8 Å². The normalized spacial score (nSPS) is 10.7. The van der Waals surface area contributed by atoms with Gasteiger partial charge in [0.15, 0.2) is 0 Å². The van der Waals surface area contributed by atoms with Gasteiger partial charge in [0.2, 0.25) is 0 Å². The van der Waals surface area contributed by atoms with Crippen LogP contribution in [0.5, 0.6) is 5.75 Å². The maximum absolute atomic E-state index is 9.86. The molecule has 1 N–H and O–H groups in total. The minimum Gasteiger partial charge on any atom is -0.508 e. The predicted octanol–water partition coefficient (Wildman–Crippen LogP) is 4.86. The van der Waals surface area contributed by atoms with Crippen molar-refractivity contribution in [2.75, 3.05) is 0 Å². The van der Waals surface area contributed by atoms with Gasteiger partial charge in [0.25, 0.3) is 0 Å². The number of phenols is 1. The Morgan fingerprint density at radius 2 is 1.65 bits per heavy atom. The summed E-state index contributed by atoms with van der Waals surface area (Å²) in [5.41, 5.74) is 2.48. The number of aromatic hydroxyl groups is 1. The average molecular weight is 234 g/mol. The molecule has 96 valence electrons. The van der Waals surface area contributed by atoms with Crippen LogP contribution in [0.4, 0.5) is 0 Å². The summed E-state index contributed by atoms with van der Waals surface area (Å²) in [7, 11) is 0. The smallest absolute Gasteiger partial charge is 0.119 e. The topological polar surface area (TPSA) is 20.2 Å². The number of unbranched alkanes of at least 4 members (excludes halogenated alkanes) is 5. The fraction of sp³-hybridized carbons (Fsp3) is 0.625. The van der Waals surface area contributed by atoms with Gasteiger partial charge in [0.1, 0.15) is 5.75 Å². The zero-order chi connectivity index (χ0) is 12.5. The molecular weight excluding hydrogens is 208 g/mol. The maximum atomic E-state index is 9.86. The van der Waals surface area contributed by atoms with Crippen molar-refractivity contribution in [1.29, 1.82) is 0 Å². The number of benzene rings is 1. The monoisotopic (exact) mass is 234 g/mol. The maximum Gasteiger partial charge on any atom is 0.119 e. The van der Waals surface area contributed by atoms with Crippen LogP contribution in [0.25, 0.3) is 0 Å². The second kappa shape index (κ2) is 8.16. The molecule has 0 amide bonds. The molecule has 1 heteroatoms. The lowest BCUT2D eigenvalue weighted by molar-refractivity contribution is 0.464. The molecule has 0 saturated carbocycles. The SMILES string of the molecule is CCCCCCCCc1c(O)cccc1CC. The van der Waals surface area contributed by atoms with E-state index in [1.54, 1.807) is 0 Å². The molecule has 0 heterocycles. The van der Waals surface area contributed by atoms with Crippen molar-refractivity contribution in [2.24, 2.45) is 0 Å².